The highest BCUT2D eigenvalue weighted by Crippen LogP contribution is 2.26. The second-order valence-electron chi connectivity index (χ2n) is 7.27. The third kappa shape index (κ3) is 7.13. The SMILES string of the molecule is CC(=O)N(C)c1cccc(NC(=S)NC(=O)c2ccc(OCCc3ccccc3)c(Br)c2)c1. The average molecular weight is 526 g/mol. The standard InChI is InChI=1S/C25H24BrN3O3S/c1-17(30)29(2)21-10-6-9-20(16-21)27-25(33)28-24(31)19-11-12-23(22(26)15-19)32-14-13-18-7-4-3-5-8-18/h3-12,15-16H,13-14H2,1-2H3,(H2,27,28,31,33). The summed E-state index contributed by atoms with van der Waals surface area (Å²) in [7, 11) is 1.69. The van der Waals surface area contributed by atoms with Crippen LogP contribution < -0.4 is 20.3 Å². The lowest BCUT2D eigenvalue weighted by Crippen LogP contribution is -2.34. The summed E-state index contributed by atoms with van der Waals surface area (Å²) < 4.78 is 6.52. The highest BCUT2D eigenvalue weighted by Gasteiger charge is 2.12. The monoisotopic (exact) mass is 525 g/mol. The number of carbonyl (C=O) groups is 2. The Labute approximate surface area is 207 Å². The van der Waals surface area contributed by atoms with Gasteiger partial charge in [-0.2, -0.15) is 0 Å². The summed E-state index contributed by atoms with van der Waals surface area (Å²) in [6.07, 6.45) is 0.791. The molecule has 0 atom stereocenters. The summed E-state index contributed by atoms with van der Waals surface area (Å²) >= 11 is 8.74. The Morgan fingerprint density at radius 1 is 1.03 bits per heavy atom. The van der Waals surface area contributed by atoms with Crippen molar-refractivity contribution in [3.63, 3.8) is 0 Å². The van der Waals surface area contributed by atoms with Crippen molar-refractivity contribution in [3.8, 4) is 5.75 Å². The molecule has 0 aromatic heterocycles. The third-order valence-electron chi connectivity index (χ3n) is 4.88. The molecule has 0 radical (unpaired) electrons. The normalized spacial score (nSPS) is 10.3. The molecule has 2 N–H and O–H groups in total. The second kappa shape index (κ2) is 11.6. The summed E-state index contributed by atoms with van der Waals surface area (Å²) in [4.78, 5) is 25.7. The van der Waals surface area contributed by atoms with E-state index in [1.807, 2.05) is 24.3 Å². The smallest absolute Gasteiger partial charge is 0.257 e. The molecule has 6 nitrogen and oxygen atoms in total. The fourth-order valence-corrected chi connectivity index (χ4v) is 3.70. The van der Waals surface area contributed by atoms with Gasteiger partial charge < -0.3 is 15.0 Å². The number of ether oxygens (including phenoxy) is 1. The number of thiocarbonyl (C=S) groups is 1. The topological polar surface area (TPSA) is 70.7 Å². The van der Waals surface area contributed by atoms with Crippen LogP contribution >= 0.6 is 28.1 Å². The molecule has 0 heterocycles. The van der Waals surface area contributed by atoms with E-state index >= 15 is 0 Å². The predicted molar refractivity (Wildman–Crippen MR) is 139 cm³/mol. The molecule has 0 unspecified atom stereocenters. The predicted octanol–water partition coefficient (Wildman–Crippen LogP) is 5.18. The summed E-state index contributed by atoms with van der Waals surface area (Å²) in [6.45, 7) is 2.02. The maximum atomic E-state index is 12.6. The minimum atomic E-state index is -0.346. The molecule has 0 aliphatic rings. The van der Waals surface area contributed by atoms with Gasteiger partial charge in [-0.3, -0.25) is 14.9 Å². The first-order chi connectivity index (χ1) is 15.8. The van der Waals surface area contributed by atoms with Crippen molar-refractivity contribution in [2.24, 2.45) is 0 Å². The fraction of sp³-hybridized carbons (Fsp3) is 0.160. The molecule has 3 rings (SSSR count). The number of carbonyl (C=O) groups excluding carboxylic acids is 2. The molecule has 3 aromatic carbocycles. The van der Waals surface area contributed by atoms with Gasteiger partial charge in [-0.1, -0.05) is 36.4 Å². The lowest BCUT2D eigenvalue weighted by atomic mass is 10.2. The molecule has 0 aliphatic carbocycles. The van der Waals surface area contributed by atoms with Crippen molar-refractivity contribution in [2.75, 3.05) is 23.9 Å². The van der Waals surface area contributed by atoms with Crippen molar-refractivity contribution in [1.82, 2.24) is 5.32 Å². The molecule has 0 aliphatic heterocycles. The van der Waals surface area contributed by atoms with Crippen LogP contribution in [0, 0.1) is 0 Å². The van der Waals surface area contributed by atoms with E-state index in [9.17, 15) is 9.59 Å². The average Bonchev–Trinajstić information content (AvgIpc) is 2.80. The number of amides is 2. The van der Waals surface area contributed by atoms with Gasteiger partial charge in [-0.05, 0) is 70.1 Å². The number of hydrogen-bond acceptors (Lipinski definition) is 4. The van der Waals surface area contributed by atoms with E-state index < -0.39 is 0 Å². The number of hydrogen-bond donors (Lipinski definition) is 2. The van der Waals surface area contributed by atoms with E-state index in [4.69, 9.17) is 17.0 Å². The van der Waals surface area contributed by atoms with Gasteiger partial charge >= 0.3 is 0 Å². The molecule has 2 amide bonds. The van der Waals surface area contributed by atoms with Crippen molar-refractivity contribution in [3.05, 3.63) is 88.4 Å². The quantitative estimate of drug-likeness (QED) is 0.416. The van der Waals surface area contributed by atoms with Crippen molar-refractivity contribution in [2.45, 2.75) is 13.3 Å². The Morgan fingerprint density at radius 2 is 1.79 bits per heavy atom. The first-order valence-electron chi connectivity index (χ1n) is 10.3. The molecule has 3 aromatic rings. The second-order valence-corrected chi connectivity index (χ2v) is 8.53. The summed E-state index contributed by atoms with van der Waals surface area (Å²) in [5.74, 6) is 0.233. The molecule has 0 fully saturated rings. The zero-order valence-corrected chi connectivity index (χ0v) is 20.7. The Kier molecular flexibility index (Phi) is 8.57. The first kappa shape index (κ1) is 24.4. The number of benzene rings is 3. The van der Waals surface area contributed by atoms with E-state index in [0.717, 1.165) is 6.42 Å². The zero-order chi connectivity index (χ0) is 23.8. The van der Waals surface area contributed by atoms with Gasteiger partial charge in [-0.25, -0.2) is 0 Å². The third-order valence-corrected chi connectivity index (χ3v) is 5.70. The van der Waals surface area contributed by atoms with E-state index in [0.29, 0.717) is 33.8 Å². The molecule has 0 bridgehead atoms. The molecule has 170 valence electrons. The minimum Gasteiger partial charge on any atom is -0.492 e. The first-order valence-corrected chi connectivity index (χ1v) is 11.5. The Balaban J connectivity index is 1.55. The van der Waals surface area contributed by atoms with Crippen LogP contribution in [0.2, 0.25) is 0 Å². The Bertz CT molecular complexity index is 1150. The van der Waals surface area contributed by atoms with E-state index in [-0.39, 0.29) is 16.9 Å². The molecular formula is C25H24BrN3O3S. The highest BCUT2D eigenvalue weighted by molar-refractivity contribution is 9.10. The van der Waals surface area contributed by atoms with Gasteiger partial charge in [0.15, 0.2) is 5.11 Å². The number of rotatable bonds is 7. The van der Waals surface area contributed by atoms with Crippen molar-refractivity contribution >= 4 is 56.4 Å². The van der Waals surface area contributed by atoms with Gasteiger partial charge in [0.25, 0.3) is 5.91 Å². The number of nitrogens with zero attached hydrogens (tertiary/aromatic N) is 1. The largest absolute Gasteiger partial charge is 0.492 e. The summed E-state index contributed by atoms with van der Waals surface area (Å²) in [5.41, 5.74) is 3.01. The van der Waals surface area contributed by atoms with Crippen LogP contribution in [0.25, 0.3) is 0 Å². The summed E-state index contributed by atoms with van der Waals surface area (Å²) in [5, 5.41) is 5.79. The Morgan fingerprint density at radius 3 is 2.48 bits per heavy atom. The number of nitrogens with one attached hydrogen (secondary N) is 2. The van der Waals surface area contributed by atoms with Gasteiger partial charge in [-0.15, -0.1) is 0 Å². The van der Waals surface area contributed by atoms with Gasteiger partial charge in [0.05, 0.1) is 11.1 Å². The lowest BCUT2D eigenvalue weighted by Gasteiger charge is -2.17. The minimum absolute atomic E-state index is 0.0823. The molecular weight excluding hydrogens is 502 g/mol. The van der Waals surface area contributed by atoms with Crippen LogP contribution in [0.1, 0.15) is 22.8 Å². The zero-order valence-electron chi connectivity index (χ0n) is 18.3. The van der Waals surface area contributed by atoms with E-state index in [1.54, 1.807) is 43.4 Å². The van der Waals surface area contributed by atoms with Crippen LogP contribution in [0.5, 0.6) is 5.75 Å². The van der Waals surface area contributed by atoms with Crippen LogP contribution in [0.3, 0.4) is 0 Å². The molecule has 33 heavy (non-hydrogen) atoms. The molecule has 0 spiro atoms. The van der Waals surface area contributed by atoms with Crippen LogP contribution in [-0.4, -0.2) is 30.6 Å². The lowest BCUT2D eigenvalue weighted by molar-refractivity contribution is -0.116. The van der Waals surface area contributed by atoms with Crippen LogP contribution in [0.15, 0.2) is 77.3 Å². The maximum Gasteiger partial charge on any atom is 0.257 e. The van der Waals surface area contributed by atoms with Crippen molar-refractivity contribution in [1.29, 1.82) is 0 Å². The van der Waals surface area contributed by atoms with Crippen molar-refractivity contribution < 1.29 is 14.3 Å². The molecule has 8 heteroatoms. The number of anilines is 2. The van der Waals surface area contributed by atoms with Gasteiger partial charge in [0.2, 0.25) is 5.91 Å². The molecule has 0 saturated carbocycles. The van der Waals surface area contributed by atoms with E-state index in [1.165, 1.54) is 17.4 Å². The van der Waals surface area contributed by atoms with Gasteiger partial charge in [0.1, 0.15) is 5.75 Å². The van der Waals surface area contributed by atoms with Crippen LogP contribution in [0.4, 0.5) is 11.4 Å². The Hall–Kier alpha value is -3.23. The summed E-state index contributed by atoms with van der Waals surface area (Å²) in [6, 6.07) is 22.4. The fourth-order valence-electron chi connectivity index (χ4n) is 2.99. The number of halogens is 1. The maximum absolute atomic E-state index is 12.6. The molecule has 0 saturated heterocycles. The van der Waals surface area contributed by atoms with Gasteiger partial charge in [0, 0.05) is 37.3 Å². The van der Waals surface area contributed by atoms with E-state index in [2.05, 4.69) is 38.7 Å². The highest BCUT2D eigenvalue weighted by atomic mass is 79.9. The van der Waals surface area contributed by atoms with Crippen LogP contribution in [-0.2, 0) is 11.2 Å².